The lowest BCUT2D eigenvalue weighted by molar-refractivity contribution is -0.114. The number of aliphatic imine (C=N–C) groups is 2. The van der Waals surface area contributed by atoms with Crippen LogP contribution in [0.1, 0.15) is 31.4 Å². The molecule has 2 N–H and O–H groups in total. The highest BCUT2D eigenvalue weighted by Gasteiger charge is 2.29. The van der Waals surface area contributed by atoms with E-state index in [0.717, 1.165) is 34.6 Å². The number of hydrogen-bond donors (Lipinski definition) is 1. The van der Waals surface area contributed by atoms with Crippen LogP contribution in [0, 0.1) is 0 Å². The molecule has 23 heavy (non-hydrogen) atoms. The molecule has 2 heterocycles. The Morgan fingerprint density at radius 3 is 2.96 bits per heavy atom. The molecule has 1 atom stereocenters. The average Bonchev–Trinajstić information content (AvgIpc) is 2.94. The van der Waals surface area contributed by atoms with Gasteiger partial charge >= 0.3 is 0 Å². The maximum atomic E-state index is 12.4. The first kappa shape index (κ1) is 16.0. The fraction of sp³-hybridized carbons (Fsp3) is 0.389. The van der Waals surface area contributed by atoms with E-state index < -0.39 is 0 Å². The maximum Gasteiger partial charge on any atom is 0.165 e. The van der Waals surface area contributed by atoms with Gasteiger partial charge in [0.05, 0.1) is 12.1 Å². The highest BCUT2D eigenvalue weighted by molar-refractivity contribution is 8.13. The summed E-state index contributed by atoms with van der Waals surface area (Å²) in [7, 11) is 0. The number of hydrogen-bond acceptors (Lipinski definition) is 5. The Kier molecular flexibility index (Phi) is 4.39. The van der Waals surface area contributed by atoms with E-state index >= 15 is 0 Å². The third-order valence-corrected chi connectivity index (χ3v) is 5.14. The largest absolute Gasteiger partial charge is 0.379 e. The Balaban J connectivity index is 1.79. The maximum absolute atomic E-state index is 12.4. The standard InChI is InChI=1S/C18H21N3OS/c1-12-8-14(11-20-12)16(22)10-13-4-3-5-15(9-13)18(2)6-7-23-17(19)21-18/h3-5,8-9H,6-7,10-11H2,1-2H3,(H2,19,21)/t18-/m0/s1. The molecule has 0 unspecified atom stereocenters. The van der Waals surface area contributed by atoms with Gasteiger partial charge in [-0.15, -0.1) is 0 Å². The Labute approximate surface area is 141 Å². The SMILES string of the molecule is CC1=NCC(C(=O)Cc2cccc([C@]3(C)CCSC(N)=N3)c2)=C1. The molecule has 0 bridgehead atoms. The third kappa shape index (κ3) is 3.55. The molecule has 5 heteroatoms. The summed E-state index contributed by atoms with van der Waals surface area (Å²) in [6.45, 7) is 4.54. The fourth-order valence-corrected chi connectivity index (χ4v) is 3.91. The number of Topliss-reactive ketones (excluding diaryl/α,β-unsaturated/α-hetero) is 1. The summed E-state index contributed by atoms with van der Waals surface area (Å²) in [6, 6.07) is 8.16. The summed E-state index contributed by atoms with van der Waals surface area (Å²) in [5, 5.41) is 0.643. The van der Waals surface area contributed by atoms with E-state index in [1.54, 1.807) is 11.8 Å². The molecule has 0 spiro atoms. The van der Waals surface area contributed by atoms with Crippen LogP contribution in [0.4, 0.5) is 0 Å². The number of carbonyl (C=O) groups excluding carboxylic acids is 1. The number of allylic oxidation sites excluding steroid dienone is 1. The van der Waals surface area contributed by atoms with Crippen molar-refractivity contribution < 1.29 is 4.79 Å². The smallest absolute Gasteiger partial charge is 0.165 e. The van der Waals surface area contributed by atoms with Gasteiger partial charge in [0.2, 0.25) is 0 Å². The van der Waals surface area contributed by atoms with Gasteiger partial charge in [-0.05, 0) is 37.5 Å². The van der Waals surface area contributed by atoms with Crippen LogP contribution in [0.25, 0.3) is 0 Å². The summed E-state index contributed by atoms with van der Waals surface area (Å²) < 4.78 is 0. The molecule has 120 valence electrons. The van der Waals surface area contributed by atoms with Crippen LogP contribution in [0.15, 0.2) is 45.9 Å². The molecule has 3 rings (SSSR count). The number of nitrogens with zero attached hydrogens (tertiary/aromatic N) is 2. The summed E-state index contributed by atoms with van der Waals surface area (Å²) in [6.07, 6.45) is 3.25. The zero-order chi connectivity index (χ0) is 16.4. The van der Waals surface area contributed by atoms with E-state index in [4.69, 9.17) is 5.73 Å². The summed E-state index contributed by atoms with van der Waals surface area (Å²) in [5.41, 5.74) is 9.48. The summed E-state index contributed by atoms with van der Waals surface area (Å²) in [5.74, 6) is 1.12. The van der Waals surface area contributed by atoms with Crippen LogP contribution in [0.2, 0.25) is 0 Å². The molecule has 0 saturated carbocycles. The second-order valence-corrected chi connectivity index (χ2v) is 7.37. The normalized spacial score (nSPS) is 24.0. The molecule has 0 fully saturated rings. The third-order valence-electron chi connectivity index (χ3n) is 4.35. The van der Waals surface area contributed by atoms with Crippen LogP contribution in [-0.2, 0) is 16.8 Å². The molecule has 1 aromatic rings. The fourth-order valence-electron chi connectivity index (χ4n) is 2.93. The lowest BCUT2D eigenvalue weighted by atomic mass is 9.88. The molecule has 0 aliphatic carbocycles. The number of nitrogens with two attached hydrogens (primary N) is 1. The number of thioether (sulfide) groups is 1. The van der Waals surface area contributed by atoms with Crippen LogP contribution in [-0.4, -0.2) is 29.0 Å². The first-order chi connectivity index (χ1) is 11.0. The molecular weight excluding hydrogens is 306 g/mol. The van der Waals surface area contributed by atoms with Gasteiger partial charge in [0.25, 0.3) is 0 Å². The second-order valence-electron chi connectivity index (χ2n) is 6.25. The Bertz CT molecular complexity index is 736. The monoisotopic (exact) mass is 327 g/mol. The van der Waals surface area contributed by atoms with E-state index in [2.05, 4.69) is 29.0 Å². The van der Waals surface area contributed by atoms with Crippen molar-refractivity contribution in [3.8, 4) is 0 Å². The minimum atomic E-state index is -0.291. The number of amidine groups is 1. The molecule has 0 radical (unpaired) electrons. The Morgan fingerprint density at radius 1 is 1.43 bits per heavy atom. The molecule has 0 amide bonds. The van der Waals surface area contributed by atoms with Crippen molar-refractivity contribution in [2.75, 3.05) is 12.3 Å². The van der Waals surface area contributed by atoms with Crippen molar-refractivity contribution in [2.45, 2.75) is 32.2 Å². The number of carbonyl (C=O) groups is 1. The van der Waals surface area contributed by atoms with Gasteiger partial charge in [-0.2, -0.15) is 0 Å². The zero-order valence-electron chi connectivity index (χ0n) is 13.5. The van der Waals surface area contributed by atoms with E-state index in [-0.39, 0.29) is 11.3 Å². The van der Waals surface area contributed by atoms with Crippen molar-refractivity contribution in [1.82, 2.24) is 0 Å². The first-order valence-corrected chi connectivity index (χ1v) is 8.77. The van der Waals surface area contributed by atoms with Gasteiger partial charge in [0.1, 0.15) is 0 Å². The zero-order valence-corrected chi connectivity index (χ0v) is 14.3. The van der Waals surface area contributed by atoms with Gasteiger partial charge < -0.3 is 5.73 Å². The van der Waals surface area contributed by atoms with E-state index in [1.165, 1.54) is 0 Å². The molecule has 0 saturated heterocycles. The van der Waals surface area contributed by atoms with Gasteiger partial charge in [-0.3, -0.25) is 14.8 Å². The summed E-state index contributed by atoms with van der Waals surface area (Å²) >= 11 is 1.60. The molecule has 4 nitrogen and oxygen atoms in total. The lowest BCUT2D eigenvalue weighted by Crippen LogP contribution is -2.28. The number of ketones is 1. The van der Waals surface area contributed by atoms with Crippen molar-refractivity contribution in [2.24, 2.45) is 15.7 Å². The predicted molar refractivity (Wildman–Crippen MR) is 97.3 cm³/mol. The average molecular weight is 327 g/mol. The van der Waals surface area contributed by atoms with E-state index in [1.807, 2.05) is 25.1 Å². The van der Waals surface area contributed by atoms with Gasteiger partial charge in [-0.25, -0.2) is 0 Å². The lowest BCUT2D eigenvalue weighted by Gasteiger charge is -2.30. The predicted octanol–water partition coefficient (Wildman–Crippen LogP) is 2.87. The highest BCUT2D eigenvalue weighted by Crippen LogP contribution is 2.35. The highest BCUT2D eigenvalue weighted by atomic mass is 32.2. The van der Waals surface area contributed by atoms with Crippen LogP contribution in [0.5, 0.6) is 0 Å². The molecular formula is C18H21N3OS. The number of benzene rings is 1. The molecule has 1 aromatic carbocycles. The topological polar surface area (TPSA) is 67.8 Å². The van der Waals surface area contributed by atoms with Crippen molar-refractivity contribution in [1.29, 1.82) is 0 Å². The van der Waals surface area contributed by atoms with Crippen molar-refractivity contribution >= 4 is 28.4 Å². The van der Waals surface area contributed by atoms with Crippen molar-refractivity contribution in [3.05, 3.63) is 47.0 Å². The Hall–Kier alpha value is -1.88. The van der Waals surface area contributed by atoms with E-state index in [0.29, 0.717) is 18.1 Å². The quantitative estimate of drug-likeness (QED) is 0.924. The Morgan fingerprint density at radius 2 is 2.26 bits per heavy atom. The van der Waals surface area contributed by atoms with Gasteiger partial charge in [0, 0.05) is 23.5 Å². The minimum Gasteiger partial charge on any atom is -0.379 e. The first-order valence-electron chi connectivity index (χ1n) is 7.79. The molecule has 2 aliphatic heterocycles. The number of rotatable bonds is 4. The summed E-state index contributed by atoms with van der Waals surface area (Å²) in [4.78, 5) is 21.3. The van der Waals surface area contributed by atoms with Crippen LogP contribution >= 0.6 is 11.8 Å². The second kappa shape index (κ2) is 6.32. The van der Waals surface area contributed by atoms with Crippen molar-refractivity contribution in [3.63, 3.8) is 0 Å². The van der Waals surface area contributed by atoms with Crippen LogP contribution < -0.4 is 5.73 Å². The van der Waals surface area contributed by atoms with Gasteiger partial charge in [0.15, 0.2) is 11.0 Å². The van der Waals surface area contributed by atoms with Crippen LogP contribution in [0.3, 0.4) is 0 Å². The molecule has 2 aliphatic rings. The van der Waals surface area contributed by atoms with E-state index in [9.17, 15) is 4.79 Å². The molecule has 0 aromatic heterocycles. The minimum absolute atomic E-state index is 0.148. The van der Waals surface area contributed by atoms with Gasteiger partial charge in [-0.1, -0.05) is 36.0 Å².